The second-order valence-corrected chi connectivity index (χ2v) is 8.89. The van der Waals surface area contributed by atoms with Crippen LogP contribution in [-0.4, -0.2) is 22.6 Å². The highest BCUT2D eigenvalue weighted by molar-refractivity contribution is 7.07. The lowest BCUT2D eigenvalue weighted by atomic mass is 9.96. The summed E-state index contributed by atoms with van der Waals surface area (Å²) in [4.78, 5) is 41.5. The Hall–Kier alpha value is -3.27. The number of carbonyl (C=O) groups excluding carboxylic acids is 1. The number of nitrogens with zero attached hydrogens (tertiary/aromatic N) is 3. The van der Waals surface area contributed by atoms with Gasteiger partial charge in [-0.05, 0) is 24.6 Å². The summed E-state index contributed by atoms with van der Waals surface area (Å²) in [6.45, 7) is 1.68. The number of halogens is 2. The van der Waals surface area contributed by atoms with Crippen molar-refractivity contribution in [2.45, 2.75) is 13.0 Å². The van der Waals surface area contributed by atoms with Crippen molar-refractivity contribution in [3.05, 3.63) is 105 Å². The van der Waals surface area contributed by atoms with Crippen LogP contribution in [0.5, 0.6) is 0 Å². The third-order valence-corrected chi connectivity index (χ3v) is 6.70. The fourth-order valence-corrected chi connectivity index (χ4v) is 5.13. The first-order valence-electron chi connectivity index (χ1n) is 9.52. The molecule has 0 saturated carbocycles. The van der Waals surface area contributed by atoms with E-state index in [4.69, 9.17) is 27.9 Å². The van der Waals surface area contributed by atoms with Crippen molar-refractivity contribution in [2.75, 3.05) is 7.11 Å². The molecule has 11 heteroatoms. The van der Waals surface area contributed by atoms with E-state index >= 15 is 0 Å². The number of hydrogen-bond donors (Lipinski definition) is 0. The number of aromatic nitrogens is 1. The molecule has 0 amide bonds. The lowest BCUT2D eigenvalue weighted by molar-refractivity contribution is -0.384. The SMILES string of the molecule is COC(=O)C1=C(C)N=c2sc(=Cc3cc([N+](=O)[O-])c(Cl)cc3Cl)c(=O)n2C1c1ccccc1. The minimum Gasteiger partial charge on any atom is -0.466 e. The zero-order valence-corrected chi connectivity index (χ0v) is 19.6. The number of hydrogen-bond acceptors (Lipinski definition) is 7. The highest BCUT2D eigenvalue weighted by Crippen LogP contribution is 2.32. The van der Waals surface area contributed by atoms with Gasteiger partial charge in [0, 0.05) is 16.7 Å². The number of benzene rings is 2. The van der Waals surface area contributed by atoms with E-state index in [9.17, 15) is 19.7 Å². The number of nitro benzene ring substituents is 1. The molecule has 33 heavy (non-hydrogen) atoms. The van der Waals surface area contributed by atoms with Gasteiger partial charge in [0.05, 0.1) is 33.9 Å². The predicted molar refractivity (Wildman–Crippen MR) is 125 cm³/mol. The molecule has 168 valence electrons. The number of ether oxygens (including phenoxy) is 1. The van der Waals surface area contributed by atoms with E-state index in [1.54, 1.807) is 6.92 Å². The molecular formula is C22H15Cl2N3O5S. The molecule has 0 N–H and O–H groups in total. The molecule has 3 aromatic rings. The van der Waals surface area contributed by atoms with Crippen LogP contribution in [0.3, 0.4) is 0 Å². The lowest BCUT2D eigenvalue weighted by Gasteiger charge is -2.24. The Morgan fingerprint density at radius 1 is 1.24 bits per heavy atom. The monoisotopic (exact) mass is 503 g/mol. The average Bonchev–Trinajstić information content (AvgIpc) is 3.09. The summed E-state index contributed by atoms with van der Waals surface area (Å²) in [6.07, 6.45) is 1.45. The summed E-state index contributed by atoms with van der Waals surface area (Å²) in [7, 11) is 1.27. The van der Waals surface area contributed by atoms with E-state index in [1.807, 2.05) is 30.3 Å². The van der Waals surface area contributed by atoms with E-state index < -0.39 is 22.5 Å². The molecule has 0 saturated heterocycles. The van der Waals surface area contributed by atoms with Gasteiger partial charge >= 0.3 is 5.97 Å². The number of carbonyl (C=O) groups is 1. The highest BCUT2D eigenvalue weighted by atomic mass is 35.5. The molecule has 1 aromatic heterocycles. The summed E-state index contributed by atoms with van der Waals surface area (Å²) in [5, 5.41) is 11.3. The van der Waals surface area contributed by atoms with Crippen molar-refractivity contribution in [1.29, 1.82) is 0 Å². The van der Waals surface area contributed by atoms with Crippen LogP contribution in [0.1, 0.15) is 24.1 Å². The van der Waals surface area contributed by atoms with Gasteiger partial charge in [-0.1, -0.05) is 64.9 Å². The number of rotatable bonds is 4. The minimum atomic E-state index is -0.743. The van der Waals surface area contributed by atoms with E-state index in [0.717, 1.165) is 11.3 Å². The summed E-state index contributed by atoms with van der Waals surface area (Å²) in [5.74, 6) is -0.587. The van der Waals surface area contributed by atoms with Crippen LogP contribution in [0.15, 0.2) is 63.5 Å². The van der Waals surface area contributed by atoms with Crippen molar-refractivity contribution in [2.24, 2.45) is 4.99 Å². The van der Waals surface area contributed by atoms with Gasteiger partial charge in [-0.15, -0.1) is 0 Å². The number of thiazole rings is 1. The Balaban J connectivity index is 1.98. The van der Waals surface area contributed by atoms with Crippen LogP contribution < -0.4 is 14.9 Å². The Kier molecular flexibility index (Phi) is 6.20. The number of esters is 1. The van der Waals surface area contributed by atoms with Gasteiger partial charge in [0.1, 0.15) is 5.02 Å². The van der Waals surface area contributed by atoms with Gasteiger partial charge in [0.15, 0.2) is 4.80 Å². The summed E-state index contributed by atoms with van der Waals surface area (Å²) >= 11 is 13.2. The fraction of sp³-hybridized carbons (Fsp3) is 0.136. The number of methoxy groups -OCH3 is 1. The maximum Gasteiger partial charge on any atom is 0.338 e. The van der Waals surface area contributed by atoms with Crippen LogP contribution in [0.25, 0.3) is 6.08 Å². The van der Waals surface area contributed by atoms with Crippen LogP contribution in [0, 0.1) is 10.1 Å². The quantitative estimate of drug-likeness (QED) is 0.307. The van der Waals surface area contributed by atoms with Crippen molar-refractivity contribution in [3.8, 4) is 0 Å². The molecule has 2 aromatic carbocycles. The van der Waals surface area contributed by atoms with E-state index in [0.29, 0.717) is 16.1 Å². The molecule has 4 rings (SSSR count). The predicted octanol–water partition coefficient (Wildman–Crippen LogP) is 3.62. The molecule has 1 unspecified atom stereocenters. The first-order valence-corrected chi connectivity index (χ1v) is 11.1. The average molecular weight is 504 g/mol. The van der Waals surface area contributed by atoms with Crippen LogP contribution in [0.2, 0.25) is 10.0 Å². The maximum absolute atomic E-state index is 13.5. The third kappa shape index (κ3) is 4.10. The van der Waals surface area contributed by atoms with E-state index in [2.05, 4.69) is 4.99 Å². The zero-order chi connectivity index (χ0) is 23.9. The highest BCUT2D eigenvalue weighted by Gasteiger charge is 2.33. The van der Waals surface area contributed by atoms with Gasteiger partial charge in [0.25, 0.3) is 11.2 Å². The number of nitro groups is 1. The Bertz CT molecular complexity index is 1510. The molecule has 2 heterocycles. The fourth-order valence-electron chi connectivity index (χ4n) is 3.59. The van der Waals surface area contributed by atoms with Gasteiger partial charge < -0.3 is 4.74 Å². The smallest absolute Gasteiger partial charge is 0.338 e. The van der Waals surface area contributed by atoms with Crippen LogP contribution >= 0.6 is 34.5 Å². The normalized spacial score (nSPS) is 15.8. The Morgan fingerprint density at radius 3 is 2.58 bits per heavy atom. The lowest BCUT2D eigenvalue weighted by Crippen LogP contribution is -2.39. The molecule has 0 fully saturated rings. The van der Waals surface area contributed by atoms with Crippen LogP contribution in [-0.2, 0) is 9.53 Å². The first-order chi connectivity index (χ1) is 15.7. The van der Waals surface area contributed by atoms with E-state index in [1.165, 1.54) is 29.9 Å². The number of allylic oxidation sites excluding steroid dienone is 1. The largest absolute Gasteiger partial charge is 0.466 e. The molecule has 1 aliphatic heterocycles. The molecule has 0 aliphatic carbocycles. The van der Waals surface area contributed by atoms with Crippen molar-refractivity contribution < 1.29 is 14.5 Å². The van der Waals surface area contributed by atoms with Gasteiger partial charge in [0.2, 0.25) is 0 Å². The molecule has 1 aliphatic rings. The molecule has 1 atom stereocenters. The van der Waals surface area contributed by atoms with Crippen molar-refractivity contribution in [3.63, 3.8) is 0 Å². The standard InChI is InChI=1S/C22H15Cl2N3O5S/c1-11-18(21(29)32-2)19(12-6-4-3-5-7-12)26-20(28)17(33-22(26)25-11)9-13-8-16(27(30)31)15(24)10-14(13)23/h3-10,19H,1-2H3. The molecule has 0 bridgehead atoms. The van der Waals surface area contributed by atoms with Crippen molar-refractivity contribution in [1.82, 2.24) is 4.57 Å². The molecule has 8 nitrogen and oxygen atoms in total. The minimum absolute atomic E-state index is 0.106. The van der Waals surface area contributed by atoms with Gasteiger partial charge in [-0.25, -0.2) is 9.79 Å². The zero-order valence-electron chi connectivity index (χ0n) is 17.2. The summed E-state index contributed by atoms with van der Waals surface area (Å²) in [6, 6.07) is 10.8. The summed E-state index contributed by atoms with van der Waals surface area (Å²) in [5.41, 5.74) is 0.908. The first kappa shape index (κ1) is 22.9. The topological polar surface area (TPSA) is 104 Å². The van der Waals surface area contributed by atoms with Gasteiger partial charge in [-0.2, -0.15) is 0 Å². The second-order valence-electron chi connectivity index (χ2n) is 7.07. The molecular weight excluding hydrogens is 489 g/mol. The molecule has 0 radical (unpaired) electrons. The Labute approximate surface area is 200 Å². The van der Waals surface area contributed by atoms with Gasteiger partial charge in [-0.3, -0.25) is 19.5 Å². The van der Waals surface area contributed by atoms with Crippen molar-refractivity contribution >= 4 is 52.3 Å². The number of fused-ring (bicyclic) bond motifs is 1. The second kappa shape index (κ2) is 8.93. The molecule has 0 spiro atoms. The van der Waals surface area contributed by atoms with Crippen LogP contribution in [0.4, 0.5) is 5.69 Å². The third-order valence-electron chi connectivity index (χ3n) is 5.09. The Morgan fingerprint density at radius 2 is 1.94 bits per heavy atom. The van der Waals surface area contributed by atoms with E-state index in [-0.39, 0.29) is 31.4 Å². The summed E-state index contributed by atoms with van der Waals surface area (Å²) < 4.78 is 6.62. The maximum atomic E-state index is 13.5.